The van der Waals surface area contributed by atoms with Crippen LogP contribution in [0.4, 0.5) is 0 Å². The van der Waals surface area contributed by atoms with Crippen LogP contribution in [0, 0.1) is 10.1 Å². The van der Waals surface area contributed by atoms with Crippen molar-refractivity contribution >= 4 is 15.9 Å². The van der Waals surface area contributed by atoms with Crippen LogP contribution in [-0.2, 0) is 0 Å². The van der Waals surface area contributed by atoms with Crippen molar-refractivity contribution in [1.82, 2.24) is 0 Å². The number of nitro groups is 1. The molecule has 0 aliphatic rings. The number of aliphatic hydroxyl groups excluding tert-OH is 1. The molecule has 0 saturated heterocycles. The van der Waals surface area contributed by atoms with Gasteiger partial charge >= 0.3 is 0 Å². The molecule has 4 nitrogen and oxygen atoms in total. The molecule has 0 aromatic carbocycles. The summed E-state index contributed by atoms with van der Waals surface area (Å²) in [5.74, 6) is 0. The van der Waals surface area contributed by atoms with E-state index in [1.807, 2.05) is 0 Å². The van der Waals surface area contributed by atoms with E-state index in [4.69, 9.17) is 5.11 Å². The molecule has 1 N–H and O–H groups in total. The second-order valence-corrected chi connectivity index (χ2v) is 1.97. The molecule has 0 aliphatic heterocycles. The standard InChI is InChI=1S/C3H6BrNO3/c4-1-3(6)2-5(7)8/h3,6H,1-2H2. The minimum Gasteiger partial charge on any atom is -0.385 e. The normalized spacial score (nSPS) is 13.2. The second-order valence-electron chi connectivity index (χ2n) is 1.32. The summed E-state index contributed by atoms with van der Waals surface area (Å²) >= 11 is 2.89. The summed E-state index contributed by atoms with van der Waals surface area (Å²) in [7, 11) is 0. The molecule has 0 amide bonds. The lowest BCUT2D eigenvalue weighted by Gasteiger charge is -1.96. The first kappa shape index (κ1) is 7.84. The third-order valence-electron chi connectivity index (χ3n) is 0.538. The van der Waals surface area contributed by atoms with Crippen LogP contribution in [0.3, 0.4) is 0 Å². The van der Waals surface area contributed by atoms with Crippen molar-refractivity contribution in [2.45, 2.75) is 6.10 Å². The molecule has 48 valence electrons. The van der Waals surface area contributed by atoms with Crippen LogP contribution in [0.1, 0.15) is 0 Å². The summed E-state index contributed by atoms with van der Waals surface area (Å²) in [5.41, 5.74) is 0. The van der Waals surface area contributed by atoms with Gasteiger partial charge in [0.15, 0.2) is 0 Å². The van der Waals surface area contributed by atoms with Crippen LogP contribution >= 0.6 is 15.9 Å². The molecule has 5 heteroatoms. The lowest BCUT2D eigenvalue weighted by molar-refractivity contribution is -0.489. The van der Waals surface area contributed by atoms with Crippen molar-refractivity contribution in [1.29, 1.82) is 0 Å². The van der Waals surface area contributed by atoms with Crippen LogP contribution in [0.5, 0.6) is 0 Å². The minimum absolute atomic E-state index is 0.258. The topological polar surface area (TPSA) is 63.4 Å². The number of alkyl halides is 1. The molecule has 0 bridgehead atoms. The smallest absolute Gasteiger partial charge is 0.230 e. The molecule has 0 rings (SSSR count). The first-order valence-corrected chi connectivity index (χ1v) is 3.14. The number of nitrogens with zero attached hydrogens (tertiary/aromatic N) is 1. The molecule has 8 heavy (non-hydrogen) atoms. The van der Waals surface area contributed by atoms with Gasteiger partial charge in [0.05, 0.1) is 0 Å². The zero-order valence-corrected chi connectivity index (χ0v) is 5.67. The summed E-state index contributed by atoms with van der Waals surface area (Å²) in [6.07, 6.45) is -0.856. The maximum atomic E-state index is 9.59. The van der Waals surface area contributed by atoms with Gasteiger partial charge in [-0.3, -0.25) is 10.1 Å². The number of aliphatic hydroxyl groups is 1. The van der Waals surface area contributed by atoms with Crippen molar-refractivity contribution in [2.75, 3.05) is 11.9 Å². The predicted octanol–water partition coefficient (Wildman–Crippen LogP) is 0.0189. The first-order chi connectivity index (χ1) is 3.66. The van der Waals surface area contributed by atoms with Gasteiger partial charge < -0.3 is 5.11 Å². The second kappa shape index (κ2) is 3.80. The Bertz CT molecular complexity index is 86.6. The van der Waals surface area contributed by atoms with E-state index in [-0.39, 0.29) is 11.9 Å². The highest BCUT2D eigenvalue weighted by Crippen LogP contribution is 1.88. The van der Waals surface area contributed by atoms with E-state index in [0.717, 1.165) is 0 Å². The first-order valence-electron chi connectivity index (χ1n) is 2.02. The summed E-state index contributed by atoms with van der Waals surface area (Å²) in [6.45, 7) is -0.384. The fourth-order valence-electron chi connectivity index (χ4n) is 0.221. The molecule has 0 spiro atoms. The number of hydrogen-bond acceptors (Lipinski definition) is 3. The maximum absolute atomic E-state index is 9.59. The van der Waals surface area contributed by atoms with Gasteiger partial charge in [0.2, 0.25) is 6.54 Å². The number of hydrogen-bond donors (Lipinski definition) is 1. The Morgan fingerprint density at radius 2 is 2.38 bits per heavy atom. The zero-order chi connectivity index (χ0) is 6.57. The molecule has 0 radical (unpaired) electrons. The van der Waals surface area contributed by atoms with Crippen LogP contribution in [-0.4, -0.2) is 28.0 Å². The summed E-state index contributed by atoms with van der Waals surface area (Å²) in [4.78, 5) is 9.04. The van der Waals surface area contributed by atoms with Crippen LogP contribution < -0.4 is 0 Å². The van der Waals surface area contributed by atoms with E-state index in [2.05, 4.69) is 15.9 Å². The van der Waals surface area contributed by atoms with Crippen LogP contribution in [0.25, 0.3) is 0 Å². The van der Waals surface area contributed by atoms with Crippen molar-refractivity contribution in [3.63, 3.8) is 0 Å². The Labute approximate surface area is 54.8 Å². The van der Waals surface area contributed by atoms with Gasteiger partial charge in [-0.2, -0.15) is 0 Å². The fourth-order valence-corrected chi connectivity index (χ4v) is 0.426. The van der Waals surface area contributed by atoms with E-state index in [1.54, 1.807) is 0 Å². The summed E-state index contributed by atoms with van der Waals surface area (Å²) < 4.78 is 0. The van der Waals surface area contributed by atoms with E-state index in [1.165, 1.54) is 0 Å². The average molecular weight is 184 g/mol. The molecule has 0 aromatic rings. The molecule has 0 fully saturated rings. The third kappa shape index (κ3) is 4.01. The Morgan fingerprint density at radius 1 is 1.88 bits per heavy atom. The van der Waals surface area contributed by atoms with Gasteiger partial charge in [-0.1, -0.05) is 15.9 Å². The van der Waals surface area contributed by atoms with Gasteiger partial charge in [-0.25, -0.2) is 0 Å². The lowest BCUT2D eigenvalue weighted by atomic mass is 10.4. The minimum atomic E-state index is -0.856. The highest BCUT2D eigenvalue weighted by molar-refractivity contribution is 9.09. The van der Waals surface area contributed by atoms with Crippen LogP contribution in [0.2, 0.25) is 0 Å². The van der Waals surface area contributed by atoms with E-state index in [0.29, 0.717) is 0 Å². The molecule has 0 heterocycles. The van der Waals surface area contributed by atoms with E-state index < -0.39 is 11.0 Å². The number of halogens is 1. The fraction of sp³-hybridized carbons (Fsp3) is 1.00. The summed E-state index contributed by atoms with van der Waals surface area (Å²) in [5, 5.41) is 18.4. The monoisotopic (exact) mass is 183 g/mol. The Hall–Kier alpha value is -0.160. The maximum Gasteiger partial charge on any atom is 0.230 e. The molecular formula is C3H6BrNO3. The van der Waals surface area contributed by atoms with Gasteiger partial charge in [0.25, 0.3) is 0 Å². The predicted molar refractivity (Wildman–Crippen MR) is 31.7 cm³/mol. The van der Waals surface area contributed by atoms with Gasteiger partial charge in [0, 0.05) is 10.3 Å². The largest absolute Gasteiger partial charge is 0.385 e. The van der Waals surface area contributed by atoms with Gasteiger partial charge in [-0.15, -0.1) is 0 Å². The SMILES string of the molecule is O=[N+]([O-])CC(O)CBr. The average Bonchev–Trinajstić information content (AvgIpc) is 1.65. The molecule has 1 unspecified atom stereocenters. The summed E-state index contributed by atoms with van der Waals surface area (Å²) in [6, 6.07) is 0. The van der Waals surface area contributed by atoms with E-state index in [9.17, 15) is 10.1 Å². The molecule has 1 atom stereocenters. The highest BCUT2D eigenvalue weighted by Gasteiger charge is 2.07. The lowest BCUT2D eigenvalue weighted by Crippen LogP contribution is -2.20. The Balaban J connectivity index is 3.24. The zero-order valence-electron chi connectivity index (χ0n) is 4.08. The van der Waals surface area contributed by atoms with Crippen LogP contribution in [0.15, 0.2) is 0 Å². The number of rotatable bonds is 3. The van der Waals surface area contributed by atoms with Crippen molar-refractivity contribution < 1.29 is 10.0 Å². The third-order valence-corrected chi connectivity index (χ3v) is 1.29. The van der Waals surface area contributed by atoms with Gasteiger partial charge in [0.1, 0.15) is 6.10 Å². The molecule has 0 aromatic heterocycles. The Morgan fingerprint density at radius 3 is 2.50 bits per heavy atom. The van der Waals surface area contributed by atoms with E-state index >= 15 is 0 Å². The Kier molecular flexibility index (Phi) is 3.72. The van der Waals surface area contributed by atoms with Crippen molar-refractivity contribution in [3.05, 3.63) is 10.1 Å². The highest BCUT2D eigenvalue weighted by atomic mass is 79.9. The van der Waals surface area contributed by atoms with Crippen molar-refractivity contribution in [3.8, 4) is 0 Å². The molecule has 0 aliphatic carbocycles. The van der Waals surface area contributed by atoms with Crippen molar-refractivity contribution in [2.24, 2.45) is 0 Å². The molecular weight excluding hydrogens is 178 g/mol. The van der Waals surface area contributed by atoms with Gasteiger partial charge in [-0.05, 0) is 0 Å². The quantitative estimate of drug-likeness (QED) is 0.382. The molecule has 0 saturated carbocycles.